The number of hydrogen-bond acceptors (Lipinski definition) is 7. The Hall–Kier alpha value is -3.14. The smallest absolute Gasteiger partial charge is 0.266 e. The highest BCUT2D eigenvalue weighted by Crippen LogP contribution is 2.33. The van der Waals surface area contributed by atoms with E-state index in [1.807, 2.05) is 4.68 Å². The lowest BCUT2D eigenvalue weighted by molar-refractivity contribution is 0.0981. The van der Waals surface area contributed by atoms with Gasteiger partial charge in [-0.25, -0.2) is 22.8 Å². The molecule has 156 valence electrons. The van der Waals surface area contributed by atoms with Crippen LogP contribution >= 0.6 is 0 Å². The number of nitrogens with one attached hydrogen (secondary N) is 1. The van der Waals surface area contributed by atoms with Crippen LogP contribution in [0.1, 0.15) is 42.1 Å². The van der Waals surface area contributed by atoms with Crippen LogP contribution in [0.3, 0.4) is 0 Å². The molecular formula is C20H20N4O5S. The second-order valence-electron chi connectivity index (χ2n) is 7.40. The molecule has 0 atom stereocenters. The Labute approximate surface area is 173 Å². The minimum Gasteiger partial charge on any atom is -0.486 e. The monoisotopic (exact) mass is 428 g/mol. The van der Waals surface area contributed by atoms with Crippen LogP contribution in [0, 0.1) is 0 Å². The maximum atomic E-state index is 12.7. The summed E-state index contributed by atoms with van der Waals surface area (Å²) in [5.74, 6) is 0.0485. The third kappa shape index (κ3) is 3.36. The number of pyridine rings is 1. The molecule has 1 fully saturated rings. The highest BCUT2D eigenvalue weighted by molar-refractivity contribution is 7.90. The molecule has 0 spiro atoms. The number of nitrogens with zero attached hydrogens (tertiary/aromatic N) is 3. The second kappa shape index (κ2) is 7.28. The summed E-state index contributed by atoms with van der Waals surface area (Å²) in [6.45, 7) is 0.742. The third-order valence-electron chi connectivity index (χ3n) is 5.42. The molecule has 9 nitrogen and oxygen atoms in total. The number of sulfonamides is 1. The molecule has 0 bridgehead atoms. The summed E-state index contributed by atoms with van der Waals surface area (Å²) in [6, 6.07) is 6.16. The molecule has 0 saturated heterocycles. The molecule has 1 aliphatic carbocycles. The van der Waals surface area contributed by atoms with E-state index in [1.165, 1.54) is 37.2 Å². The van der Waals surface area contributed by atoms with Crippen molar-refractivity contribution >= 4 is 27.0 Å². The van der Waals surface area contributed by atoms with Gasteiger partial charge in [-0.2, -0.15) is 5.10 Å². The summed E-state index contributed by atoms with van der Waals surface area (Å²) in [5.41, 5.74) is 0.850. The second-order valence-corrected chi connectivity index (χ2v) is 9.09. The van der Waals surface area contributed by atoms with Crippen LogP contribution in [-0.4, -0.2) is 42.3 Å². The molecule has 10 heteroatoms. The largest absolute Gasteiger partial charge is 0.486 e. The van der Waals surface area contributed by atoms with Crippen LogP contribution in [0.5, 0.6) is 11.5 Å². The van der Waals surface area contributed by atoms with Crippen molar-refractivity contribution in [2.24, 2.45) is 0 Å². The van der Waals surface area contributed by atoms with Gasteiger partial charge in [0.2, 0.25) is 0 Å². The quantitative estimate of drug-likeness (QED) is 0.679. The normalized spacial score (nSPS) is 16.7. The van der Waals surface area contributed by atoms with Crippen LogP contribution in [-0.2, 0) is 10.0 Å². The van der Waals surface area contributed by atoms with Crippen molar-refractivity contribution in [1.82, 2.24) is 19.5 Å². The molecule has 30 heavy (non-hydrogen) atoms. The van der Waals surface area contributed by atoms with Gasteiger partial charge in [0.15, 0.2) is 17.1 Å². The van der Waals surface area contributed by atoms with Gasteiger partial charge < -0.3 is 9.47 Å². The summed E-state index contributed by atoms with van der Waals surface area (Å²) in [4.78, 5) is 16.9. The fourth-order valence-electron chi connectivity index (χ4n) is 3.91. The molecule has 0 unspecified atom stereocenters. The Morgan fingerprint density at radius 2 is 1.83 bits per heavy atom. The highest BCUT2D eigenvalue weighted by Gasteiger charge is 2.24. The molecule has 1 aliphatic heterocycles. The summed E-state index contributed by atoms with van der Waals surface area (Å²) in [7, 11) is -4.09. The highest BCUT2D eigenvalue weighted by atomic mass is 32.2. The lowest BCUT2D eigenvalue weighted by Crippen LogP contribution is -2.30. The van der Waals surface area contributed by atoms with Gasteiger partial charge in [-0.1, -0.05) is 12.8 Å². The maximum absolute atomic E-state index is 12.7. The molecule has 1 aromatic carbocycles. The number of benzene rings is 1. The first-order valence-corrected chi connectivity index (χ1v) is 11.3. The average molecular weight is 428 g/mol. The Kier molecular flexibility index (Phi) is 4.58. The predicted octanol–water partition coefficient (Wildman–Crippen LogP) is 2.44. The topological polar surface area (TPSA) is 112 Å². The molecule has 3 aromatic rings. The van der Waals surface area contributed by atoms with Gasteiger partial charge >= 0.3 is 0 Å². The Bertz CT molecular complexity index is 1230. The van der Waals surface area contributed by atoms with Gasteiger partial charge in [-0.3, -0.25) is 4.79 Å². The van der Waals surface area contributed by atoms with E-state index in [0.717, 1.165) is 12.8 Å². The standard InChI is InChI=1S/C20H20N4O5S/c25-20(23-30(26,27)16-5-6-17-18(10-16)29-8-7-28-17)14-9-13-12-22-24(19(13)21-11-14)15-3-1-2-4-15/h5-6,9-12,15H,1-4,7-8H2,(H,23,25). The first kappa shape index (κ1) is 18.9. The van der Waals surface area contributed by atoms with Gasteiger partial charge in [-0.15, -0.1) is 0 Å². The minimum atomic E-state index is -4.09. The SMILES string of the molecule is O=C(NS(=O)(=O)c1ccc2c(c1)OCCO2)c1cnc2c(cnn2C2CCCC2)c1. The first-order valence-electron chi connectivity index (χ1n) is 9.81. The van der Waals surface area contributed by atoms with E-state index in [-0.39, 0.29) is 10.5 Å². The van der Waals surface area contributed by atoms with Gasteiger partial charge in [-0.05, 0) is 31.0 Å². The summed E-state index contributed by atoms with van der Waals surface area (Å²) in [5, 5.41) is 5.12. The number of carbonyl (C=O) groups is 1. The Balaban J connectivity index is 1.38. The van der Waals surface area contributed by atoms with Crippen molar-refractivity contribution in [3.8, 4) is 11.5 Å². The van der Waals surface area contributed by atoms with Crippen LogP contribution in [0.2, 0.25) is 0 Å². The fraction of sp³-hybridized carbons (Fsp3) is 0.350. The number of amides is 1. The van der Waals surface area contributed by atoms with Crippen molar-refractivity contribution in [1.29, 1.82) is 0 Å². The lowest BCUT2D eigenvalue weighted by Gasteiger charge is -2.18. The molecule has 3 heterocycles. The van der Waals surface area contributed by atoms with E-state index in [2.05, 4.69) is 14.8 Å². The van der Waals surface area contributed by atoms with E-state index in [4.69, 9.17) is 9.47 Å². The third-order valence-corrected chi connectivity index (χ3v) is 6.75. The van der Waals surface area contributed by atoms with Crippen LogP contribution in [0.25, 0.3) is 11.0 Å². The van der Waals surface area contributed by atoms with Crippen LogP contribution in [0.4, 0.5) is 0 Å². The van der Waals surface area contributed by atoms with Gasteiger partial charge in [0.05, 0.1) is 22.7 Å². The van der Waals surface area contributed by atoms with Crippen molar-refractivity contribution in [3.05, 3.63) is 42.2 Å². The zero-order chi connectivity index (χ0) is 20.7. The Morgan fingerprint density at radius 3 is 2.63 bits per heavy atom. The molecule has 2 aromatic heterocycles. The summed E-state index contributed by atoms with van der Waals surface area (Å²) >= 11 is 0. The molecule has 1 amide bonds. The van der Waals surface area contributed by atoms with Crippen LogP contribution < -0.4 is 14.2 Å². The van der Waals surface area contributed by atoms with Crippen molar-refractivity contribution < 1.29 is 22.7 Å². The molecule has 5 rings (SSSR count). The number of rotatable bonds is 4. The van der Waals surface area contributed by atoms with Crippen molar-refractivity contribution in [2.75, 3.05) is 13.2 Å². The molecule has 2 aliphatic rings. The number of hydrogen-bond donors (Lipinski definition) is 1. The van der Waals surface area contributed by atoms with E-state index in [9.17, 15) is 13.2 Å². The minimum absolute atomic E-state index is 0.0804. The first-order chi connectivity index (χ1) is 14.5. The zero-order valence-corrected chi connectivity index (χ0v) is 16.9. The van der Waals surface area contributed by atoms with E-state index < -0.39 is 15.9 Å². The average Bonchev–Trinajstić information content (AvgIpc) is 3.42. The number of carbonyl (C=O) groups excluding carboxylic acids is 1. The molecule has 1 N–H and O–H groups in total. The van der Waals surface area contributed by atoms with E-state index >= 15 is 0 Å². The van der Waals surface area contributed by atoms with Gasteiger partial charge in [0, 0.05) is 17.6 Å². The van der Waals surface area contributed by atoms with Crippen LogP contribution in [0.15, 0.2) is 41.6 Å². The van der Waals surface area contributed by atoms with Crippen molar-refractivity contribution in [3.63, 3.8) is 0 Å². The van der Waals surface area contributed by atoms with Crippen molar-refractivity contribution in [2.45, 2.75) is 36.6 Å². The molecular weight excluding hydrogens is 408 g/mol. The molecule has 0 radical (unpaired) electrons. The number of fused-ring (bicyclic) bond motifs is 2. The predicted molar refractivity (Wildman–Crippen MR) is 107 cm³/mol. The number of ether oxygens (including phenoxy) is 2. The van der Waals surface area contributed by atoms with Gasteiger partial charge in [0.1, 0.15) is 13.2 Å². The molecule has 1 saturated carbocycles. The Morgan fingerprint density at radius 1 is 1.07 bits per heavy atom. The lowest BCUT2D eigenvalue weighted by atomic mass is 10.2. The fourth-order valence-corrected chi connectivity index (χ4v) is 4.90. The summed E-state index contributed by atoms with van der Waals surface area (Å²) in [6.07, 6.45) is 7.51. The summed E-state index contributed by atoms with van der Waals surface area (Å²) < 4.78 is 40.2. The zero-order valence-electron chi connectivity index (χ0n) is 16.1. The maximum Gasteiger partial charge on any atom is 0.266 e. The van der Waals surface area contributed by atoms with E-state index in [0.29, 0.717) is 41.8 Å². The van der Waals surface area contributed by atoms with E-state index in [1.54, 1.807) is 12.3 Å². The van der Waals surface area contributed by atoms with Gasteiger partial charge in [0.25, 0.3) is 15.9 Å². The number of aromatic nitrogens is 3.